The summed E-state index contributed by atoms with van der Waals surface area (Å²) in [5.74, 6) is 0.488. The first-order valence-electron chi connectivity index (χ1n) is 5.62. The Morgan fingerprint density at radius 3 is 1.38 bits per heavy atom. The minimum absolute atomic E-state index is 0.244. The number of hydrogen-bond acceptors (Lipinski definition) is 4. The highest BCUT2D eigenvalue weighted by molar-refractivity contribution is 5.00. The molecular formula is C10H22N2O4. The Morgan fingerprint density at radius 2 is 1.19 bits per heavy atom. The van der Waals surface area contributed by atoms with Crippen LogP contribution in [0.4, 0.5) is 0 Å². The Balaban J connectivity index is 3.11. The number of hydroxylamine groups is 4. The fourth-order valence-corrected chi connectivity index (χ4v) is 2.79. The van der Waals surface area contributed by atoms with E-state index in [1.807, 2.05) is 13.8 Å². The molecule has 16 heavy (non-hydrogen) atoms. The van der Waals surface area contributed by atoms with Crippen molar-refractivity contribution in [2.45, 2.75) is 51.6 Å². The van der Waals surface area contributed by atoms with E-state index in [4.69, 9.17) is 0 Å². The van der Waals surface area contributed by atoms with E-state index in [1.165, 1.54) is 0 Å². The zero-order valence-electron chi connectivity index (χ0n) is 10.3. The van der Waals surface area contributed by atoms with Crippen molar-refractivity contribution in [3.63, 3.8) is 0 Å². The van der Waals surface area contributed by atoms with Crippen LogP contribution in [-0.4, -0.2) is 21.5 Å². The molecule has 0 aliphatic heterocycles. The van der Waals surface area contributed by atoms with Gasteiger partial charge in [-0.05, 0) is 11.8 Å². The minimum atomic E-state index is -1.18. The smallest absolute Gasteiger partial charge is 0.182 e. The highest BCUT2D eigenvalue weighted by Crippen LogP contribution is 2.39. The van der Waals surface area contributed by atoms with Gasteiger partial charge in [-0.1, -0.05) is 13.8 Å². The average Bonchev–Trinajstić information content (AvgIpc) is 2.14. The third kappa shape index (κ3) is 1.85. The maximum absolute atomic E-state index is 11.4. The second kappa shape index (κ2) is 4.21. The van der Waals surface area contributed by atoms with E-state index in [0.717, 1.165) is 0 Å². The first kappa shape index (κ1) is 13.8. The molecule has 6 heteroatoms. The van der Waals surface area contributed by atoms with E-state index < -0.39 is 21.5 Å². The van der Waals surface area contributed by atoms with Crippen LogP contribution in [0.3, 0.4) is 0 Å². The van der Waals surface area contributed by atoms with Crippen molar-refractivity contribution in [1.82, 2.24) is 0 Å². The summed E-state index contributed by atoms with van der Waals surface area (Å²) in [4.78, 5) is 0. The zero-order chi connectivity index (χ0) is 12.7. The van der Waals surface area contributed by atoms with Crippen molar-refractivity contribution in [2.24, 2.45) is 11.8 Å². The molecule has 1 aliphatic rings. The van der Waals surface area contributed by atoms with Gasteiger partial charge in [-0.2, -0.15) is 0 Å². The van der Waals surface area contributed by atoms with Gasteiger partial charge in [-0.15, -0.1) is 0 Å². The van der Waals surface area contributed by atoms with Crippen LogP contribution in [0.15, 0.2) is 0 Å². The van der Waals surface area contributed by atoms with Crippen molar-refractivity contribution < 1.29 is 20.9 Å². The molecule has 1 saturated carbocycles. The molecule has 0 saturated heterocycles. The zero-order valence-corrected chi connectivity index (χ0v) is 10.3. The fourth-order valence-electron chi connectivity index (χ4n) is 2.79. The summed E-state index contributed by atoms with van der Waals surface area (Å²) >= 11 is 0. The van der Waals surface area contributed by atoms with E-state index >= 15 is 0 Å². The van der Waals surface area contributed by atoms with Crippen LogP contribution in [0.5, 0.6) is 0 Å². The molecule has 0 aromatic carbocycles. The minimum Gasteiger partial charge on any atom is -0.599 e. The van der Waals surface area contributed by atoms with Gasteiger partial charge in [0.1, 0.15) is 0 Å². The van der Waals surface area contributed by atoms with Crippen molar-refractivity contribution in [1.29, 1.82) is 0 Å². The molecule has 1 aliphatic carbocycles. The Bertz CT molecular complexity index is 235. The standard InChI is InChI=1S/C10H22N2O4/c1-7-5-9(3,11(13)14)10(4,12(15)16)6-8(7)2/h7-8,11-13,15H,5-6H2,1-4H3. The Hall–Kier alpha value is -0.240. The molecule has 6 atom stereocenters. The highest BCUT2D eigenvalue weighted by atomic mass is 16.8. The molecule has 4 N–H and O–H groups in total. The number of hydrogen-bond donors (Lipinski definition) is 4. The van der Waals surface area contributed by atoms with Gasteiger partial charge in [0.2, 0.25) is 0 Å². The Kier molecular flexibility index (Phi) is 3.64. The van der Waals surface area contributed by atoms with Gasteiger partial charge >= 0.3 is 0 Å². The number of rotatable bonds is 2. The summed E-state index contributed by atoms with van der Waals surface area (Å²) in [7, 11) is 0. The van der Waals surface area contributed by atoms with Gasteiger partial charge in [0.25, 0.3) is 0 Å². The first-order valence-corrected chi connectivity index (χ1v) is 5.62. The Morgan fingerprint density at radius 1 is 0.938 bits per heavy atom. The summed E-state index contributed by atoms with van der Waals surface area (Å²) in [5.41, 5.74) is -2.35. The molecule has 6 unspecified atom stereocenters. The largest absolute Gasteiger partial charge is 0.599 e. The SMILES string of the molecule is CC1CC(C)([NH+]([O-])O)C(C)([NH+]([O-])O)CC1C. The van der Waals surface area contributed by atoms with Gasteiger partial charge in [0, 0.05) is 26.7 Å². The lowest BCUT2D eigenvalue weighted by Crippen LogP contribution is -3.28. The van der Waals surface area contributed by atoms with Crippen molar-refractivity contribution >= 4 is 0 Å². The normalized spacial score (nSPS) is 48.8. The predicted molar refractivity (Wildman–Crippen MR) is 56.6 cm³/mol. The molecule has 0 heterocycles. The van der Waals surface area contributed by atoms with Crippen LogP contribution in [0.1, 0.15) is 40.5 Å². The molecule has 1 fully saturated rings. The molecule has 96 valence electrons. The third-order valence-electron chi connectivity index (χ3n) is 4.59. The lowest BCUT2D eigenvalue weighted by molar-refractivity contribution is -1.16. The molecule has 0 radical (unpaired) electrons. The fraction of sp³-hybridized carbons (Fsp3) is 1.00. The third-order valence-corrected chi connectivity index (χ3v) is 4.59. The molecular weight excluding hydrogens is 212 g/mol. The highest BCUT2D eigenvalue weighted by Gasteiger charge is 2.60. The van der Waals surface area contributed by atoms with E-state index in [2.05, 4.69) is 0 Å². The molecule has 1 rings (SSSR count). The average molecular weight is 234 g/mol. The van der Waals surface area contributed by atoms with Crippen LogP contribution in [-0.2, 0) is 0 Å². The molecule has 0 aromatic rings. The van der Waals surface area contributed by atoms with Gasteiger partial charge in [0.15, 0.2) is 11.1 Å². The van der Waals surface area contributed by atoms with Gasteiger partial charge < -0.3 is 10.4 Å². The molecule has 6 nitrogen and oxygen atoms in total. The predicted octanol–water partition coefficient (Wildman–Crippen LogP) is -0.886. The van der Waals surface area contributed by atoms with E-state index in [9.17, 15) is 20.8 Å². The second-order valence-corrected chi connectivity index (χ2v) is 5.64. The van der Waals surface area contributed by atoms with Crippen LogP contribution in [0.25, 0.3) is 0 Å². The lowest BCUT2D eigenvalue weighted by atomic mass is 9.62. The summed E-state index contributed by atoms with van der Waals surface area (Å²) in [5, 5.41) is 39.4. The van der Waals surface area contributed by atoms with Crippen LogP contribution in [0, 0.1) is 22.3 Å². The summed E-state index contributed by atoms with van der Waals surface area (Å²) < 4.78 is 0. The van der Waals surface area contributed by atoms with Crippen LogP contribution in [0.2, 0.25) is 0 Å². The Labute approximate surface area is 95.5 Å². The monoisotopic (exact) mass is 234 g/mol. The summed E-state index contributed by atoms with van der Waals surface area (Å²) in [6, 6.07) is 0. The number of quaternary nitrogens is 2. The quantitative estimate of drug-likeness (QED) is 0.466. The van der Waals surface area contributed by atoms with Gasteiger partial charge in [-0.3, -0.25) is 0 Å². The molecule has 0 amide bonds. The molecule has 0 spiro atoms. The lowest BCUT2D eigenvalue weighted by Gasteiger charge is -2.54. The molecule has 0 aromatic heterocycles. The van der Waals surface area contributed by atoms with Crippen LogP contribution < -0.4 is 10.5 Å². The molecule has 0 bridgehead atoms. The summed E-state index contributed by atoms with van der Waals surface area (Å²) in [6.07, 6.45) is 0.846. The van der Waals surface area contributed by atoms with Gasteiger partial charge in [0.05, 0.1) is 0 Å². The van der Waals surface area contributed by atoms with E-state index in [1.54, 1.807) is 13.8 Å². The summed E-state index contributed by atoms with van der Waals surface area (Å²) in [6.45, 7) is 7.11. The van der Waals surface area contributed by atoms with E-state index in [-0.39, 0.29) is 11.8 Å². The maximum atomic E-state index is 11.4. The van der Waals surface area contributed by atoms with Crippen molar-refractivity contribution in [3.05, 3.63) is 10.4 Å². The topological polar surface area (TPSA) is 95.5 Å². The van der Waals surface area contributed by atoms with Crippen molar-refractivity contribution in [2.75, 3.05) is 0 Å². The van der Waals surface area contributed by atoms with Crippen LogP contribution >= 0.6 is 0 Å². The second-order valence-electron chi connectivity index (χ2n) is 5.64. The van der Waals surface area contributed by atoms with Crippen molar-refractivity contribution in [3.8, 4) is 0 Å². The number of nitrogens with one attached hydrogen (secondary N) is 2. The van der Waals surface area contributed by atoms with Gasteiger partial charge in [-0.25, -0.2) is 20.9 Å². The van der Waals surface area contributed by atoms with E-state index in [0.29, 0.717) is 12.8 Å². The maximum Gasteiger partial charge on any atom is 0.182 e. The first-order chi connectivity index (χ1) is 7.15.